The van der Waals surface area contributed by atoms with Gasteiger partial charge in [-0.05, 0) is 73.0 Å². The Morgan fingerprint density at radius 2 is 1.84 bits per heavy atom. The van der Waals surface area contributed by atoms with E-state index in [2.05, 4.69) is 0 Å². The van der Waals surface area contributed by atoms with E-state index in [1.165, 1.54) is 4.90 Å². The molecule has 0 aromatic heterocycles. The molecule has 1 fully saturated rings. The topological polar surface area (TPSA) is 85.3 Å². The Morgan fingerprint density at radius 1 is 1.05 bits per heavy atom. The van der Waals surface area contributed by atoms with Gasteiger partial charge in [-0.15, -0.1) is 0 Å². The number of Topliss-reactive ketones (excluding diaryl/α,β-unsaturated/α-hetero) is 1. The molecule has 2 aliphatic heterocycles. The van der Waals surface area contributed by atoms with E-state index in [9.17, 15) is 14.7 Å². The third-order valence-corrected chi connectivity index (χ3v) is 6.56. The SMILES string of the molecule is COc1cccc(CN2C(=O)C(=O)/C(=C(\O)c3ccc4c(c3)CCO4)C2c2ccc(OC(C)C)cc2)c1. The number of hydrogen-bond acceptors (Lipinski definition) is 6. The minimum absolute atomic E-state index is 0.00772. The Hall–Kier alpha value is -4.26. The van der Waals surface area contributed by atoms with Crippen molar-refractivity contribution in [2.75, 3.05) is 13.7 Å². The smallest absolute Gasteiger partial charge is 0.295 e. The first-order valence-electron chi connectivity index (χ1n) is 12.3. The molecule has 2 aliphatic rings. The molecule has 0 bridgehead atoms. The second-order valence-electron chi connectivity index (χ2n) is 9.44. The van der Waals surface area contributed by atoms with Crippen LogP contribution >= 0.6 is 0 Å². The first-order chi connectivity index (χ1) is 17.9. The molecule has 0 spiro atoms. The Bertz CT molecular complexity index is 1380. The van der Waals surface area contributed by atoms with E-state index in [-0.39, 0.29) is 24.0 Å². The van der Waals surface area contributed by atoms with Crippen molar-refractivity contribution >= 4 is 17.4 Å². The van der Waals surface area contributed by atoms with E-state index >= 15 is 0 Å². The summed E-state index contributed by atoms with van der Waals surface area (Å²) in [6.07, 6.45) is 0.731. The molecule has 1 atom stereocenters. The average Bonchev–Trinajstić information content (AvgIpc) is 3.46. The van der Waals surface area contributed by atoms with E-state index in [1.54, 1.807) is 19.2 Å². The van der Waals surface area contributed by atoms with Gasteiger partial charge in [0, 0.05) is 18.5 Å². The van der Waals surface area contributed by atoms with E-state index < -0.39 is 17.7 Å². The summed E-state index contributed by atoms with van der Waals surface area (Å²) < 4.78 is 16.7. The van der Waals surface area contributed by atoms with Gasteiger partial charge in [0.1, 0.15) is 23.0 Å². The van der Waals surface area contributed by atoms with Gasteiger partial charge in [0.2, 0.25) is 0 Å². The van der Waals surface area contributed by atoms with Crippen LogP contribution < -0.4 is 14.2 Å². The summed E-state index contributed by atoms with van der Waals surface area (Å²) >= 11 is 0. The lowest BCUT2D eigenvalue weighted by Crippen LogP contribution is -2.29. The molecule has 3 aromatic carbocycles. The summed E-state index contributed by atoms with van der Waals surface area (Å²) in [4.78, 5) is 28.2. The molecule has 7 nitrogen and oxygen atoms in total. The van der Waals surface area contributed by atoms with Crippen LogP contribution in [0.3, 0.4) is 0 Å². The molecule has 190 valence electrons. The van der Waals surface area contributed by atoms with Crippen LogP contribution in [0.2, 0.25) is 0 Å². The molecule has 3 aromatic rings. The van der Waals surface area contributed by atoms with Gasteiger partial charge >= 0.3 is 0 Å². The van der Waals surface area contributed by atoms with Crippen molar-refractivity contribution in [3.63, 3.8) is 0 Å². The fraction of sp³-hybridized carbons (Fsp3) is 0.267. The molecule has 7 heteroatoms. The van der Waals surface area contributed by atoms with E-state index in [0.29, 0.717) is 29.2 Å². The predicted molar refractivity (Wildman–Crippen MR) is 139 cm³/mol. The zero-order valence-corrected chi connectivity index (χ0v) is 21.1. The lowest BCUT2D eigenvalue weighted by atomic mass is 9.94. The van der Waals surface area contributed by atoms with Crippen molar-refractivity contribution in [2.24, 2.45) is 0 Å². The van der Waals surface area contributed by atoms with E-state index in [0.717, 1.165) is 23.3 Å². The monoisotopic (exact) mass is 499 g/mol. The number of ether oxygens (including phenoxy) is 3. The number of carbonyl (C=O) groups excluding carboxylic acids is 2. The second-order valence-corrected chi connectivity index (χ2v) is 9.44. The summed E-state index contributed by atoms with van der Waals surface area (Å²) in [6, 6.07) is 19.2. The molecular weight excluding hydrogens is 470 g/mol. The summed E-state index contributed by atoms with van der Waals surface area (Å²) in [5.74, 6) is 0.523. The van der Waals surface area contributed by atoms with Crippen molar-refractivity contribution in [2.45, 2.75) is 39.0 Å². The van der Waals surface area contributed by atoms with Gasteiger partial charge in [-0.25, -0.2) is 0 Å². The van der Waals surface area contributed by atoms with Crippen LogP contribution in [0.25, 0.3) is 5.76 Å². The number of rotatable bonds is 7. The number of amides is 1. The molecule has 1 saturated heterocycles. The Kier molecular flexibility index (Phi) is 6.61. The van der Waals surface area contributed by atoms with Gasteiger partial charge in [0.05, 0.1) is 31.4 Å². The van der Waals surface area contributed by atoms with E-state index in [1.807, 2.05) is 68.4 Å². The molecule has 0 aliphatic carbocycles. The summed E-state index contributed by atoms with van der Waals surface area (Å²) in [6.45, 7) is 4.64. The highest BCUT2D eigenvalue weighted by Gasteiger charge is 2.46. The molecule has 0 saturated carbocycles. The van der Waals surface area contributed by atoms with Crippen LogP contribution in [-0.2, 0) is 22.6 Å². The molecule has 1 N–H and O–H groups in total. The molecule has 5 rings (SSSR count). The molecule has 1 amide bonds. The van der Waals surface area contributed by atoms with Crippen molar-refractivity contribution in [3.05, 3.63) is 94.6 Å². The zero-order valence-electron chi connectivity index (χ0n) is 21.1. The van der Waals surface area contributed by atoms with Crippen LogP contribution in [0, 0.1) is 0 Å². The molecule has 0 radical (unpaired) electrons. The van der Waals surface area contributed by atoms with Gasteiger partial charge in [-0.1, -0.05) is 24.3 Å². The molecular formula is C30H29NO6. The second kappa shape index (κ2) is 10.0. The van der Waals surface area contributed by atoms with Gasteiger partial charge in [-0.2, -0.15) is 0 Å². The lowest BCUT2D eigenvalue weighted by Gasteiger charge is -2.26. The first kappa shape index (κ1) is 24.4. The van der Waals surface area contributed by atoms with Crippen molar-refractivity contribution in [3.8, 4) is 17.2 Å². The van der Waals surface area contributed by atoms with Gasteiger partial charge in [-0.3, -0.25) is 9.59 Å². The summed E-state index contributed by atoms with van der Waals surface area (Å²) in [5, 5.41) is 11.4. The number of likely N-dealkylation sites (tertiary alicyclic amines) is 1. The number of nitrogens with zero attached hydrogens (tertiary/aromatic N) is 1. The average molecular weight is 500 g/mol. The minimum Gasteiger partial charge on any atom is -0.507 e. The number of aliphatic hydroxyl groups is 1. The Labute approximate surface area is 215 Å². The number of methoxy groups -OCH3 is 1. The number of carbonyl (C=O) groups is 2. The molecule has 1 unspecified atom stereocenters. The summed E-state index contributed by atoms with van der Waals surface area (Å²) in [5.41, 5.74) is 3.00. The highest BCUT2D eigenvalue weighted by molar-refractivity contribution is 6.46. The van der Waals surface area contributed by atoms with Crippen LogP contribution in [0.15, 0.2) is 72.3 Å². The Morgan fingerprint density at radius 3 is 2.57 bits per heavy atom. The summed E-state index contributed by atoms with van der Waals surface area (Å²) in [7, 11) is 1.58. The molecule has 37 heavy (non-hydrogen) atoms. The van der Waals surface area contributed by atoms with Crippen molar-refractivity contribution < 1.29 is 28.9 Å². The lowest BCUT2D eigenvalue weighted by molar-refractivity contribution is -0.140. The highest BCUT2D eigenvalue weighted by Crippen LogP contribution is 2.41. The van der Waals surface area contributed by atoms with Crippen molar-refractivity contribution in [1.82, 2.24) is 4.90 Å². The van der Waals surface area contributed by atoms with Crippen LogP contribution in [0.4, 0.5) is 0 Å². The largest absolute Gasteiger partial charge is 0.507 e. The quantitative estimate of drug-likeness (QED) is 0.279. The standard InChI is InChI=1S/C30H29NO6/c1-18(2)37-23-10-7-20(8-11-23)27-26(28(32)22-9-12-25-21(16-22)13-14-36-25)29(33)30(34)31(27)17-19-5-4-6-24(15-19)35-3/h4-12,15-16,18,27,32H,13-14,17H2,1-3H3/b28-26-. The van der Waals surface area contributed by atoms with E-state index in [4.69, 9.17) is 14.2 Å². The maximum atomic E-state index is 13.4. The van der Waals surface area contributed by atoms with Crippen LogP contribution in [-0.4, -0.2) is 41.5 Å². The third kappa shape index (κ3) is 4.77. The maximum absolute atomic E-state index is 13.4. The fourth-order valence-corrected chi connectivity index (χ4v) is 4.85. The number of hydrogen-bond donors (Lipinski definition) is 1. The third-order valence-electron chi connectivity index (χ3n) is 6.56. The van der Waals surface area contributed by atoms with Gasteiger partial charge < -0.3 is 24.2 Å². The first-order valence-corrected chi connectivity index (χ1v) is 12.3. The number of aliphatic hydroxyl groups excluding tert-OH is 1. The maximum Gasteiger partial charge on any atom is 0.295 e. The van der Waals surface area contributed by atoms with Crippen molar-refractivity contribution in [1.29, 1.82) is 0 Å². The van der Waals surface area contributed by atoms with Gasteiger partial charge in [0.25, 0.3) is 11.7 Å². The number of ketones is 1. The zero-order chi connectivity index (χ0) is 26.1. The molecule has 2 heterocycles. The minimum atomic E-state index is -0.774. The fourth-order valence-electron chi connectivity index (χ4n) is 4.85. The van der Waals surface area contributed by atoms with Crippen LogP contribution in [0.1, 0.15) is 42.1 Å². The number of fused-ring (bicyclic) bond motifs is 1. The Balaban J connectivity index is 1.60. The highest BCUT2D eigenvalue weighted by atomic mass is 16.5. The van der Waals surface area contributed by atoms with Gasteiger partial charge in [0.15, 0.2) is 0 Å². The predicted octanol–water partition coefficient (Wildman–Crippen LogP) is 5.04. The van der Waals surface area contributed by atoms with Crippen LogP contribution in [0.5, 0.6) is 17.2 Å². The normalized spacial score (nSPS) is 18.2. The number of benzene rings is 3.